The van der Waals surface area contributed by atoms with E-state index in [-0.39, 0.29) is 11.3 Å². The molecular formula is C12H10BrF2N3. The molecule has 0 atom stereocenters. The number of halogens is 3. The molecule has 0 bridgehead atoms. The van der Waals surface area contributed by atoms with Crippen LogP contribution < -0.4 is 5.32 Å². The van der Waals surface area contributed by atoms with Gasteiger partial charge in [0.2, 0.25) is 0 Å². The van der Waals surface area contributed by atoms with Crippen molar-refractivity contribution in [2.24, 2.45) is 0 Å². The third kappa shape index (κ3) is 2.81. The van der Waals surface area contributed by atoms with Crippen molar-refractivity contribution in [2.75, 3.05) is 5.32 Å². The summed E-state index contributed by atoms with van der Waals surface area (Å²) in [6, 6.07) is 3.83. The van der Waals surface area contributed by atoms with Gasteiger partial charge in [-0.15, -0.1) is 0 Å². The third-order valence-corrected chi connectivity index (χ3v) is 2.72. The van der Waals surface area contributed by atoms with E-state index in [1.165, 1.54) is 6.92 Å². The smallest absolute Gasteiger partial charge is 0.147 e. The first-order valence-electron chi connectivity index (χ1n) is 5.19. The molecule has 0 radical (unpaired) electrons. The number of aromatic nitrogens is 2. The van der Waals surface area contributed by atoms with E-state index in [1.54, 1.807) is 13.0 Å². The van der Waals surface area contributed by atoms with Crippen molar-refractivity contribution in [3.63, 3.8) is 0 Å². The van der Waals surface area contributed by atoms with Crippen LogP contribution >= 0.6 is 15.9 Å². The molecule has 0 fully saturated rings. The first-order valence-corrected chi connectivity index (χ1v) is 5.99. The summed E-state index contributed by atoms with van der Waals surface area (Å²) in [6.45, 7) is 3.22. The predicted molar refractivity (Wildman–Crippen MR) is 68.8 cm³/mol. The number of aryl methyl sites for hydroxylation is 2. The summed E-state index contributed by atoms with van der Waals surface area (Å²) in [5, 5.41) is 2.73. The Morgan fingerprint density at radius 1 is 1.06 bits per heavy atom. The van der Waals surface area contributed by atoms with Gasteiger partial charge in [-0.2, -0.15) is 0 Å². The van der Waals surface area contributed by atoms with Crippen LogP contribution in [0.2, 0.25) is 0 Å². The maximum Gasteiger partial charge on any atom is 0.147 e. The molecule has 0 amide bonds. The van der Waals surface area contributed by atoms with Gasteiger partial charge in [0.05, 0.1) is 5.69 Å². The molecule has 0 aliphatic heterocycles. The standard InChI is InChI=1S/C12H10BrF2N3/c1-6-3-9(15)10(4-8(6)14)18-12-5-11(13)16-7(2)17-12/h3-5H,1-2H3,(H,16,17,18). The molecule has 1 N–H and O–H groups in total. The van der Waals surface area contributed by atoms with Gasteiger partial charge in [0.1, 0.15) is 27.9 Å². The Morgan fingerprint density at radius 2 is 1.78 bits per heavy atom. The Morgan fingerprint density at radius 3 is 2.44 bits per heavy atom. The fourth-order valence-corrected chi connectivity index (χ4v) is 1.95. The topological polar surface area (TPSA) is 37.8 Å². The molecule has 94 valence electrons. The zero-order valence-corrected chi connectivity index (χ0v) is 11.3. The van der Waals surface area contributed by atoms with E-state index in [1.807, 2.05) is 0 Å². The molecule has 6 heteroatoms. The lowest BCUT2D eigenvalue weighted by molar-refractivity contribution is 0.595. The lowest BCUT2D eigenvalue weighted by atomic mass is 10.2. The van der Waals surface area contributed by atoms with Crippen molar-refractivity contribution in [3.05, 3.63) is 45.8 Å². The average Bonchev–Trinajstić information content (AvgIpc) is 2.24. The summed E-state index contributed by atoms with van der Waals surface area (Å²) in [7, 11) is 0. The third-order valence-electron chi connectivity index (χ3n) is 2.32. The summed E-state index contributed by atoms with van der Waals surface area (Å²) in [5.41, 5.74) is 0.307. The van der Waals surface area contributed by atoms with Crippen LogP contribution in [-0.4, -0.2) is 9.97 Å². The molecule has 2 aromatic rings. The molecule has 18 heavy (non-hydrogen) atoms. The van der Waals surface area contributed by atoms with Crippen LogP contribution in [-0.2, 0) is 0 Å². The van der Waals surface area contributed by atoms with Crippen LogP contribution in [0.5, 0.6) is 0 Å². The van der Waals surface area contributed by atoms with Gasteiger partial charge in [-0.05, 0) is 41.4 Å². The van der Waals surface area contributed by atoms with Crippen LogP contribution in [0.1, 0.15) is 11.4 Å². The largest absolute Gasteiger partial charge is 0.338 e. The van der Waals surface area contributed by atoms with Crippen molar-refractivity contribution in [2.45, 2.75) is 13.8 Å². The number of nitrogens with one attached hydrogen (secondary N) is 1. The second-order valence-corrected chi connectivity index (χ2v) is 4.64. The van der Waals surface area contributed by atoms with Gasteiger partial charge < -0.3 is 5.32 Å². The molecule has 1 heterocycles. The molecular weight excluding hydrogens is 304 g/mol. The normalized spacial score (nSPS) is 10.5. The molecule has 0 aliphatic rings. The number of anilines is 2. The Labute approximate surface area is 111 Å². The van der Waals surface area contributed by atoms with Gasteiger partial charge >= 0.3 is 0 Å². The summed E-state index contributed by atoms with van der Waals surface area (Å²) < 4.78 is 27.6. The summed E-state index contributed by atoms with van der Waals surface area (Å²) >= 11 is 3.21. The van der Waals surface area contributed by atoms with Gasteiger partial charge in [-0.3, -0.25) is 0 Å². The van der Waals surface area contributed by atoms with E-state index in [4.69, 9.17) is 0 Å². The highest BCUT2D eigenvalue weighted by Crippen LogP contribution is 2.23. The van der Waals surface area contributed by atoms with Crippen molar-refractivity contribution >= 4 is 27.4 Å². The Kier molecular flexibility index (Phi) is 3.56. The molecule has 3 nitrogen and oxygen atoms in total. The Balaban J connectivity index is 2.36. The number of nitrogens with zero attached hydrogens (tertiary/aromatic N) is 2. The molecule has 1 aromatic carbocycles. The zero-order valence-electron chi connectivity index (χ0n) is 9.76. The first-order chi connectivity index (χ1) is 8.45. The van der Waals surface area contributed by atoms with Crippen LogP contribution in [0, 0.1) is 25.5 Å². The highest BCUT2D eigenvalue weighted by molar-refractivity contribution is 9.10. The lowest BCUT2D eigenvalue weighted by Crippen LogP contribution is -2.00. The average molecular weight is 314 g/mol. The lowest BCUT2D eigenvalue weighted by Gasteiger charge is -2.09. The van der Waals surface area contributed by atoms with Crippen LogP contribution in [0.3, 0.4) is 0 Å². The highest BCUT2D eigenvalue weighted by atomic mass is 79.9. The number of hydrogen-bond acceptors (Lipinski definition) is 3. The van der Waals surface area contributed by atoms with E-state index >= 15 is 0 Å². The van der Waals surface area contributed by atoms with Gasteiger partial charge in [-0.1, -0.05) is 0 Å². The summed E-state index contributed by atoms with van der Waals surface area (Å²) in [5.74, 6) is -0.0681. The highest BCUT2D eigenvalue weighted by Gasteiger charge is 2.08. The van der Waals surface area contributed by atoms with E-state index in [2.05, 4.69) is 31.2 Å². The molecule has 0 saturated heterocycles. The number of hydrogen-bond donors (Lipinski definition) is 1. The second-order valence-electron chi connectivity index (χ2n) is 3.83. The zero-order chi connectivity index (χ0) is 13.3. The number of rotatable bonds is 2. The maximum atomic E-state index is 13.6. The van der Waals surface area contributed by atoms with Crippen molar-refractivity contribution < 1.29 is 8.78 Å². The van der Waals surface area contributed by atoms with Crippen LogP contribution in [0.15, 0.2) is 22.8 Å². The van der Waals surface area contributed by atoms with Crippen molar-refractivity contribution in [1.29, 1.82) is 0 Å². The first kappa shape index (κ1) is 12.9. The van der Waals surface area contributed by atoms with E-state index in [0.717, 1.165) is 12.1 Å². The maximum absolute atomic E-state index is 13.6. The van der Waals surface area contributed by atoms with E-state index < -0.39 is 11.6 Å². The summed E-state index contributed by atoms with van der Waals surface area (Å²) in [6.07, 6.45) is 0. The van der Waals surface area contributed by atoms with Crippen LogP contribution in [0.4, 0.5) is 20.3 Å². The van der Waals surface area contributed by atoms with Crippen molar-refractivity contribution in [3.8, 4) is 0 Å². The van der Waals surface area contributed by atoms with Crippen LogP contribution in [0.25, 0.3) is 0 Å². The minimum atomic E-state index is -0.527. The Bertz CT molecular complexity index is 582. The predicted octanol–water partition coefficient (Wildman–Crippen LogP) is 3.88. The SMILES string of the molecule is Cc1nc(Br)cc(Nc2cc(F)c(C)cc2F)n1. The summed E-state index contributed by atoms with van der Waals surface area (Å²) in [4.78, 5) is 8.11. The monoisotopic (exact) mass is 313 g/mol. The van der Waals surface area contributed by atoms with E-state index in [9.17, 15) is 8.78 Å². The number of benzene rings is 1. The Hall–Kier alpha value is -1.56. The minimum Gasteiger partial charge on any atom is -0.338 e. The van der Waals surface area contributed by atoms with Gasteiger partial charge in [0, 0.05) is 12.1 Å². The van der Waals surface area contributed by atoms with Crippen molar-refractivity contribution in [1.82, 2.24) is 9.97 Å². The van der Waals surface area contributed by atoms with E-state index in [0.29, 0.717) is 16.2 Å². The van der Waals surface area contributed by atoms with Gasteiger partial charge in [0.15, 0.2) is 0 Å². The molecule has 0 spiro atoms. The second kappa shape index (κ2) is 4.97. The molecule has 1 aromatic heterocycles. The fourth-order valence-electron chi connectivity index (χ4n) is 1.48. The quantitative estimate of drug-likeness (QED) is 0.855. The molecule has 0 unspecified atom stereocenters. The minimum absolute atomic E-state index is 0.0445. The molecule has 0 aliphatic carbocycles. The molecule has 2 rings (SSSR count). The van der Waals surface area contributed by atoms with Gasteiger partial charge in [0.25, 0.3) is 0 Å². The molecule has 0 saturated carbocycles. The fraction of sp³-hybridized carbons (Fsp3) is 0.167. The van der Waals surface area contributed by atoms with Gasteiger partial charge in [-0.25, -0.2) is 18.7 Å².